The lowest BCUT2D eigenvalue weighted by Gasteiger charge is -2.38. The number of piperidine rings is 1. The maximum absolute atomic E-state index is 12.0. The van der Waals surface area contributed by atoms with E-state index in [9.17, 15) is 14.7 Å². The van der Waals surface area contributed by atoms with Crippen LogP contribution >= 0.6 is 11.6 Å². The van der Waals surface area contributed by atoms with Crippen molar-refractivity contribution in [3.8, 4) is 5.75 Å². The summed E-state index contributed by atoms with van der Waals surface area (Å²) in [5.74, 6) is -0.641. The summed E-state index contributed by atoms with van der Waals surface area (Å²) in [6.07, 6.45) is 2.05. The molecular weight excluding hydrogens is 318 g/mol. The molecule has 0 radical (unpaired) electrons. The largest absolute Gasteiger partial charge is 0.478 e. The monoisotopic (exact) mass is 337 g/mol. The Morgan fingerprint density at radius 3 is 2.26 bits per heavy atom. The number of benzene rings is 1. The van der Waals surface area contributed by atoms with Crippen molar-refractivity contribution in [1.82, 2.24) is 4.90 Å². The fraction of sp³-hybridized carbons (Fsp3) is 0.412. The summed E-state index contributed by atoms with van der Waals surface area (Å²) in [6, 6.07) is 6.60. The zero-order valence-corrected chi connectivity index (χ0v) is 14.0. The summed E-state index contributed by atoms with van der Waals surface area (Å²) in [5, 5.41) is 10.2. The van der Waals surface area contributed by atoms with Crippen LogP contribution in [0.5, 0.6) is 5.75 Å². The second kappa shape index (κ2) is 7.04. The highest BCUT2D eigenvalue weighted by molar-refractivity contribution is 6.30. The van der Waals surface area contributed by atoms with E-state index in [2.05, 4.69) is 0 Å². The van der Waals surface area contributed by atoms with Gasteiger partial charge >= 0.3 is 5.97 Å². The molecule has 1 amide bonds. The molecule has 1 aromatic carbocycles. The summed E-state index contributed by atoms with van der Waals surface area (Å²) in [7, 11) is 0. The van der Waals surface area contributed by atoms with Gasteiger partial charge < -0.3 is 14.7 Å². The summed E-state index contributed by atoms with van der Waals surface area (Å²) in [6.45, 7) is 4.41. The lowest BCUT2D eigenvalue weighted by Crippen LogP contribution is -2.54. The molecule has 23 heavy (non-hydrogen) atoms. The topological polar surface area (TPSA) is 66.8 Å². The highest BCUT2D eigenvalue weighted by atomic mass is 35.5. The number of rotatable bonds is 4. The molecule has 0 bridgehead atoms. The zero-order valence-electron chi connectivity index (χ0n) is 13.2. The van der Waals surface area contributed by atoms with E-state index in [4.69, 9.17) is 16.3 Å². The first-order chi connectivity index (χ1) is 10.8. The minimum atomic E-state index is -1.31. The molecular formula is C17H20ClNO4. The number of amides is 1. The fourth-order valence-corrected chi connectivity index (χ4v) is 2.64. The van der Waals surface area contributed by atoms with Gasteiger partial charge in [-0.2, -0.15) is 0 Å². The standard InChI is InChI=1S/C17H20ClNO4/c1-12(2)11-15(20)19-9-7-17(8-10-19,16(21)22)23-14-5-3-13(18)4-6-14/h3-6,11H,7-10H2,1-2H3,(H,21,22). The van der Waals surface area contributed by atoms with E-state index >= 15 is 0 Å². The third-order valence-electron chi connectivity index (χ3n) is 3.81. The average molecular weight is 338 g/mol. The Bertz CT molecular complexity index is 612. The van der Waals surface area contributed by atoms with Gasteiger partial charge in [0.05, 0.1) is 0 Å². The van der Waals surface area contributed by atoms with Crippen molar-refractivity contribution in [1.29, 1.82) is 0 Å². The van der Waals surface area contributed by atoms with Crippen molar-refractivity contribution in [2.75, 3.05) is 13.1 Å². The predicted molar refractivity (Wildman–Crippen MR) is 87.7 cm³/mol. The second-order valence-electron chi connectivity index (χ2n) is 5.90. The normalized spacial score (nSPS) is 16.6. The van der Waals surface area contributed by atoms with Crippen molar-refractivity contribution in [2.45, 2.75) is 32.3 Å². The Labute approximate surface area is 140 Å². The van der Waals surface area contributed by atoms with Gasteiger partial charge in [0.15, 0.2) is 0 Å². The van der Waals surface area contributed by atoms with Crippen LogP contribution in [0.2, 0.25) is 5.02 Å². The van der Waals surface area contributed by atoms with Crippen molar-refractivity contribution in [2.24, 2.45) is 0 Å². The van der Waals surface area contributed by atoms with E-state index in [1.807, 2.05) is 13.8 Å². The van der Waals surface area contributed by atoms with Gasteiger partial charge in [-0.05, 0) is 38.1 Å². The van der Waals surface area contributed by atoms with E-state index in [1.54, 1.807) is 35.2 Å². The molecule has 1 heterocycles. The van der Waals surface area contributed by atoms with E-state index in [0.29, 0.717) is 23.9 Å². The van der Waals surface area contributed by atoms with Gasteiger partial charge in [-0.1, -0.05) is 17.2 Å². The number of ether oxygens (including phenoxy) is 1. The lowest BCUT2D eigenvalue weighted by molar-refractivity contribution is -0.161. The Hall–Kier alpha value is -2.01. The molecule has 5 nitrogen and oxygen atoms in total. The molecule has 0 aromatic heterocycles. The number of nitrogens with zero attached hydrogens (tertiary/aromatic N) is 1. The number of carbonyl (C=O) groups excluding carboxylic acids is 1. The highest BCUT2D eigenvalue weighted by Crippen LogP contribution is 2.30. The zero-order chi connectivity index (χ0) is 17.0. The third kappa shape index (κ3) is 4.26. The van der Waals surface area contributed by atoms with Gasteiger partial charge in [0.2, 0.25) is 11.5 Å². The highest BCUT2D eigenvalue weighted by Gasteiger charge is 2.44. The fourth-order valence-electron chi connectivity index (χ4n) is 2.51. The maximum Gasteiger partial charge on any atom is 0.348 e. The molecule has 124 valence electrons. The van der Waals surface area contributed by atoms with Crippen LogP contribution in [0.25, 0.3) is 0 Å². The number of allylic oxidation sites excluding steroid dienone is 1. The minimum absolute atomic E-state index is 0.0875. The SMILES string of the molecule is CC(C)=CC(=O)N1CCC(Oc2ccc(Cl)cc2)(C(=O)O)CC1. The summed E-state index contributed by atoms with van der Waals surface area (Å²) in [5.41, 5.74) is -0.391. The van der Waals surface area contributed by atoms with Crippen LogP contribution in [0.15, 0.2) is 35.9 Å². The van der Waals surface area contributed by atoms with Crippen LogP contribution in [-0.2, 0) is 9.59 Å². The predicted octanol–water partition coefficient (Wildman–Crippen LogP) is 3.13. The van der Waals surface area contributed by atoms with E-state index < -0.39 is 11.6 Å². The smallest absolute Gasteiger partial charge is 0.348 e. The number of hydrogen-bond donors (Lipinski definition) is 1. The molecule has 0 aliphatic carbocycles. The van der Waals surface area contributed by atoms with Crippen LogP contribution < -0.4 is 4.74 Å². The molecule has 0 spiro atoms. The van der Waals surface area contributed by atoms with Gasteiger partial charge in [-0.15, -0.1) is 0 Å². The van der Waals surface area contributed by atoms with Crippen LogP contribution in [0, 0.1) is 0 Å². The molecule has 2 rings (SSSR count). The third-order valence-corrected chi connectivity index (χ3v) is 4.06. The van der Waals surface area contributed by atoms with Gasteiger partial charge in [-0.25, -0.2) is 4.79 Å². The van der Waals surface area contributed by atoms with Crippen LogP contribution in [-0.4, -0.2) is 40.6 Å². The van der Waals surface area contributed by atoms with Gasteiger partial charge in [0, 0.05) is 37.0 Å². The molecule has 1 fully saturated rings. The van der Waals surface area contributed by atoms with Crippen molar-refractivity contribution >= 4 is 23.5 Å². The molecule has 1 aliphatic heterocycles. The van der Waals surface area contributed by atoms with Crippen LogP contribution in [0.1, 0.15) is 26.7 Å². The number of hydrogen-bond acceptors (Lipinski definition) is 3. The first kappa shape index (κ1) is 17.3. The molecule has 1 aromatic rings. The van der Waals surface area contributed by atoms with E-state index in [0.717, 1.165) is 5.57 Å². The van der Waals surface area contributed by atoms with Crippen LogP contribution in [0.4, 0.5) is 0 Å². The van der Waals surface area contributed by atoms with Crippen LogP contribution in [0.3, 0.4) is 0 Å². The van der Waals surface area contributed by atoms with Gasteiger partial charge in [0.25, 0.3) is 0 Å². The molecule has 6 heteroatoms. The first-order valence-corrected chi connectivity index (χ1v) is 7.82. The van der Waals surface area contributed by atoms with E-state index in [-0.39, 0.29) is 18.7 Å². The molecule has 0 unspecified atom stereocenters. The van der Waals surface area contributed by atoms with Gasteiger partial charge in [-0.3, -0.25) is 4.79 Å². The lowest BCUT2D eigenvalue weighted by atomic mass is 9.91. The number of carboxylic acid groups (broad SMARTS) is 1. The Balaban J connectivity index is 2.09. The Kier molecular flexibility index (Phi) is 5.31. The number of halogens is 1. The molecule has 0 saturated carbocycles. The number of carboxylic acids is 1. The summed E-state index contributed by atoms with van der Waals surface area (Å²) in [4.78, 5) is 25.4. The number of aliphatic carboxylic acids is 1. The second-order valence-corrected chi connectivity index (χ2v) is 6.34. The summed E-state index contributed by atoms with van der Waals surface area (Å²) < 4.78 is 5.76. The maximum atomic E-state index is 12.0. The molecule has 0 atom stereocenters. The van der Waals surface area contributed by atoms with E-state index in [1.165, 1.54) is 0 Å². The van der Waals surface area contributed by atoms with Crippen molar-refractivity contribution in [3.05, 3.63) is 40.9 Å². The molecule has 1 saturated heterocycles. The summed E-state index contributed by atoms with van der Waals surface area (Å²) >= 11 is 5.83. The number of carbonyl (C=O) groups is 2. The Morgan fingerprint density at radius 1 is 1.22 bits per heavy atom. The first-order valence-electron chi connectivity index (χ1n) is 7.44. The quantitative estimate of drug-likeness (QED) is 0.857. The van der Waals surface area contributed by atoms with Gasteiger partial charge in [0.1, 0.15) is 5.75 Å². The van der Waals surface area contributed by atoms with Crippen molar-refractivity contribution in [3.63, 3.8) is 0 Å². The average Bonchev–Trinajstić information content (AvgIpc) is 2.49. The number of likely N-dealkylation sites (tertiary alicyclic amines) is 1. The molecule has 1 N–H and O–H groups in total. The Morgan fingerprint density at radius 2 is 1.78 bits per heavy atom. The molecule has 1 aliphatic rings. The minimum Gasteiger partial charge on any atom is -0.478 e. The van der Waals surface area contributed by atoms with Crippen molar-refractivity contribution < 1.29 is 19.4 Å².